The van der Waals surface area contributed by atoms with Gasteiger partial charge in [0, 0.05) is 5.56 Å². The fourth-order valence-electron chi connectivity index (χ4n) is 1.82. The molecule has 0 N–H and O–H groups in total. The van der Waals surface area contributed by atoms with Gasteiger partial charge in [0.05, 0.1) is 17.7 Å². The van der Waals surface area contributed by atoms with Crippen LogP contribution in [0.2, 0.25) is 5.02 Å². The van der Waals surface area contributed by atoms with Gasteiger partial charge in [-0.2, -0.15) is 0 Å². The fraction of sp³-hybridized carbons (Fsp3) is 0.133. The first-order valence-electron chi connectivity index (χ1n) is 5.78. The Kier molecular flexibility index (Phi) is 4.04. The van der Waals surface area contributed by atoms with Crippen LogP contribution in [0.3, 0.4) is 0 Å². The highest BCUT2D eigenvalue weighted by atomic mass is 35.5. The number of carbonyl (C=O) groups excluding carboxylic acids is 1. The van der Waals surface area contributed by atoms with Gasteiger partial charge in [-0.05, 0) is 36.8 Å². The van der Waals surface area contributed by atoms with Gasteiger partial charge in [0.2, 0.25) is 0 Å². The lowest BCUT2D eigenvalue weighted by molar-refractivity contribution is 0.103. The molecule has 0 aromatic heterocycles. The molecule has 0 amide bonds. The number of hydrogen-bond donors (Lipinski definition) is 0. The largest absolute Gasteiger partial charge is 0.495 e. The van der Waals surface area contributed by atoms with E-state index in [0.717, 1.165) is 6.07 Å². The van der Waals surface area contributed by atoms with E-state index in [9.17, 15) is 13.6 Å². The third-order valence-corrected chi connectivity index (χ3v) is 3.22. The molecule has 2 nitrogen and oxygen atoms in total. The predicted molar refractivity (Wildman–Crippen MR) is 72.5 cm³/mol. The monoisotopic (exact) mass is 296 g/mol. The van der Waals surface area contributed by atoms with Crippen LogP contribution in [0.1, 0.15) is 21.5 Å². The van der Waals surface area contributed by atoms with Crippen molar-refractivity contribution >= 4 is 17.4 Å². The molecule has 0 saturated carbocycles. The average Bonchev–Trinajstić information content (AvgIpc) is 2.43. The van der Waals surface area contributed by atoms with Gasteiger partial charge in [-0.3, -0.25) is 4.79 Å². The highest BCUT2D eigenvalue weighted by Crippen LogP contribution is 2.27. The molecule has 104 valence electrons. The van der Waals surface area contributed by atoms with E-state index in [2.05, 4.69) is 0 Å². The SMILES string of the molecule is COc1ccc(C(=O)c2c(F)ccc(C)c2F)cc1Cl. The van der Waals surface area contributed by atoms with Crippen LogP contribution < -0.4 is 4.74 Å². The predicted octanol–water partition coefficient (Wildman–Crippen LogP) is 4.17. The summed E-state index contributed by atoms with van der Waals surface area (Å²) in [7, 11) is 1.43. The van der Waals surface area contributed by atoms with Crippen molar-refractivity contribution in [2.24, 2.45) is 0 Å². The summed E-state index contributed by atoms with van der Waals surface area (Å²) < 4.78 is 32.6. The Hall–Kier alpha value is -1.94. The van der Waals surface area contributed by atoms with Crippen LogP contribution in [-0.2, 0) is 0 Å². The first kappa shape index (κ1) is 14.5. The zero-order valence-corrected chi connectivity index (χ0v) is 11.6. The van der Waals surface area contributed by atoms with Crippen molar-refractivity contribution < 1.29 is 18.3 Å². The number of methoxy groups -OCH3 is 1. The van der Waals surface area contributed by atoms with E-state index in [-0.39, 0.29) is 16.1 Å². The van der Waals surface area contributed by atoms with Crippen LogP contribution in [0.5, 0.6) is 5.75 Å². The average molecular weight is 297 g/mol. The van der Waals surface area contributed by atoms with Gasteiger partial charge in [-0.25, -0.2) is 8.78 Å². The summed E-state index contributed by atoms with van der Waals surface area (Å²) in [5.74, 6) is -2.13. The molecular formula is C15H11ClF2O2. The summed E-state index contributed by atoms with van der Waals surface area (Å²) in [5.41, 5.74) is -0.278. The number of hydrogen-bond acceptors (Lipinski definition) is 2. The molecule has 5 heteroatoms. The molecular weight excluding hydrogens is 286 g/mol. The molecule has 0 heterocycles. The summed E-state index contributed by atoms with van der Waals surface area (Å²) in [6.07, 6.45) is 0. The van der Waals surface area contributed by atoms with Crippen LogP contribution in [0.15, 0.2) is 30.3 Å². The number of rotatable bonds is 3. The lowest BCUT2D eigenvalue weighted by atomic mass is 10.00. The highest BCUT2D eigenvalue weighted by molar-refractivity contribution is 6.32. The topological polar surface area (TPSA) is 26.3 Å². The maximum atomic E-state index is 13.9. The van der Waals surface area contributed by atoms with Crippen molar-refractivity contribution in [3.05, 3.63) is 63.7 Å². The molecule has 0 saturated heterocycles. The molecule has 0 aliphatic heterocycles. The quantitative estimate of drug-likeness (QED) is 0.795. The molecule has 0 aliphatic rings. The van der Waals surface area contributed by atoms with E-state index in [4.69, 9.17) is 16.3 Å². The number of ketones is 1. The van der Waals surface area contributed by atoms with Crippen LogP contribution in [-0.4, -0.2) is 12.9 Å². The number of benzene rings is 2. The Bertz CT molecular complexity index is 684. The van der Waals surface area contributed by atoms with Gasteiger partial charge < -0.3 is 4.74 Å². The second kappa shape index (κ2) is 5.59. The molecule has 0 atom stereocenters. The Labute approximate surface area is 119 Å². The van der Waals surface area contributed by atoms with Crippen molar-refractivity contribution in [1.82, 2.24) is 0 Å². The second-order valence-corrected chi connectivity index (χ2v) is 4.64. The van der Waals surface area contributed by atoms with Crippen LogP contribution in [0.4, 0.5) is 8.78 Å². The number of carbonyl (C=O) groups is 1. The first-order valence-corrected chi connectivity index (χ1v) is 6.16. The standard InChI is InChI=1S/C15H11ClF2O2/c1-8-3-5-11(17)13(14(8)18)15(19)9-4-6-12(20-2)10(16)7-9/h3-7H,1-2H3. The third kappa shape index (κ3) is 2.51. The normalized spacial score (nSPS) is 10.4. The first-order chi connectivity index (χ1) is 9.45. The van der Waals surface area contributed by atoms with Crippen molar-refractivity contribution in [3.8, 4) is 5.75 Å². The van der Waals surface area contributed by atoms with Crippen molar-refractivity contribution in [2.75, 3.05) is 7.11 Å². The van der Waals surface area contributed by atoms with Gasteiger partial charge in [0.25, 0.3) is 0 Å². The van der Waals surface area contributed by atoms with Gasteiger partial charge in [0.15, 0.2) is 5.78 Å². The van der Waals surface area contributed by atoms with E-state index in [1.54, 1.807) is 0 Å². The van der Waals surface area contributed by atoms with Crippen molar-refractivity contribution in [1.29, 1.82) is 0 Å². The summed E-state index contributed by atoms with van der Waals surface area (Å²) in [6.45, 7) is 1.46. The van der Waals surface area contributed by atoms with E-state index in [1.165, 1.54) is 38.3 Å². The molecule has 0 radical (unpaired) electrons. The number of halogens is 3. The maximum absolute atomic E-state index is 13.9. The molecule has 0 bridgehead atoms. The Morgan fingerprint density at radius 3 is 2.50 bits per heavy atom. The second-order valence-electron chi connectivity index (χ2n) is 4.23. The molecule has 0 spiro atoms. The van der Waals surface area contributed by atoms with E-state index < -0.39 is 23.0 Å². The zero-order valence-electron chi connectivity index (χ0n) is 10.8. The molecule has 2 aromatic carbocycles. The minimum Gasteiger partial charge on any atom is -0.495 e. The van der Waals surface area contributed by atoms with Gasteiger partial charge in [-0.15, -0.1) is 0 Å². The Morgan fingerprint density at radius 1 is 1.20 bits per heavy atom. The molecule has 2 aromatic rings. The molecule has 0 aliphatic carbocycles. The third-order valence-electron chi connectivity index (χ3n) is 2.93. The van der Waals surface area contributed by atoms with E-state index in [1.807, 2.05) is 0 Å². The van der Waals surface area contributed by atoms with Crippen LogP contribution in [0.25, 0.3) is 0 Å². The zero-order chi connectivity index (χ0) is 14.9. The van der Waals surface area contributed by atoms with Crippen molar-refractivity contribution in [3.63, 3.8) is 0 Å². The van der Waals surface area contributed by atoms with E-state index >= 15 is 0 Å². The molecule has 0 fully saturated rings. The van der Waals surface area contributed by atoms with Crippen LogP contribution >= 0.6 is 11.6 Å². The smallest absolute Gasteiger partial charge is 0.199 e. The summed E-state index contributed by atoms with van der Waals surface area (Å²) in [6, 6.07) is 6.55. The fourth-order valence-corrected chi connectivity index (χ4v) is 2.07. The number of ether oxygens (including phenoxy) is 1. The minimum absolute atomic E-state index is 0.0965. The molecule has 2 rings (SSSR count). The molecule has 0 unspecified atom stereocenters. The Balaban J connectivity index is 2.52. The Morgan fingerprint density at radius 2 is 1.90 bits per heavy atom. The van der Waals surface area contributed by atoms with Crippen LogP contribution in [0, 0.1) is 18.6 Å². The van der Waals surface area contributed by atoms with Crippen molar-refractivity contribution in [2.45, 2.75) is 6.92 Å². The maximum Gasteiger partial charge on any atom is 0.199 e. The van der Waals surface area contributed by atoms with Gasteiger partial charge in [-0.1, -0.05) is 17.7 Å². The van der Waals surface area contributed by atoms with E-state index in [0.29, 0.717) is 5.75 Å². The minimum atomic E-state index is -0.898. The summed E-state index contributed by atoms with van der Waals surface area (Å²) >= 11 is 5.91. The summed E-state index contributed by atoms with van der Waals surface area (Å²) in [4.78, 5) is 12.2. The number of aryl methyl sites for hydroxylation is 1. The summed E-state index contributed by atoms with van der Waals surface area (Å²) in [5, 5.41) is 0.201. The lowest BCUT2D eigenvalue weighted by Crippen LogP contribution is -2.09. The van der Waals surface area contributed by atoms with Gasteiger partial charge in [0.1, 0.15) is 17.4 Å². The highest BCUT2D eigenvalue weighted by Gasteiger charge is 2.21. The molecule has 20 heavy (non-hydrogen) atoms. The lowest BCUT2D eigenvalue weighted by Gasteiger charge is -2.08. The van der Waals surface area contributed by atoms with Gasteiger partial charge >= 0.3 is 0 Å².